The van der Waals surface area contributed by atoms with E-state index in [4.69, 9.17) is 0 Å². The summed E-state index contributed by atoms with van der Waals surface area (Å²) in [5.74, 6) is -2.05. The van der Waals surface area contributed by atoms with Crippen LogP contribution in [0.2, 0.25) is 0 Å². The predicted octanol–water partition coefficient (Wildman–Crippen LogP) is 4.19. The number of hydrogen-bond acceptors (Lipinski definition) is 5. The molecule has 1 aromatic heterocycles. The second-order valence-electron chi connectivity index (χ2n) is 6.14. The number of amides is 1. The SMILES string of the molecule is O=C(Cc1csc(-c2ccc(OC(F)(F)F)cc2)n1)N[C@@H](C(=O)O)c1ccccc1. The van der Waals surface area contributed by atoms with Crippen molar-refractivity contribution >= 4 is 23.2 Å². The number of benzene rings is 2. The normalized spacial score (nSPS) is 12.2. The molecular weight excluding hydrogens is 421 g/mol. The molecule has 2 N–H and O–H groups in total. The fourth-order valence-corrected chi connectivity index (χ4v) is 3.46. The van der Waals surface area contributed by atoms with Gasteiger partial charge in [0.15, 0.2) is 6.04 Å². The van der Waals surface area contributed by atoms with Crippen LogP contribution in [0.4, 0.5) is 13.2 Å². The summed E-state index contributed by atoms with van der Waals surface area (Å²) in [6, 6.07) is 12.3. The maximum absolute atomic E-state index is 12.3. The number of nitrogens with zero attached hydrogens (tertiary/aromatic N) is 1. The zero-order valence-electron chi connectivity index (χ0n) is 15.2. The van der Waals surface area contributed by atoms with Crippen molar-refractivity contribution < 1.29 is 32.6 Å². The third-order valence-electron chi connectivity index (χ3n) is 3.91. The van der Waals surface area contributed by atoms with Gasteiger partial charge in [-0.1, -0.05) is 30.3 Å². The first-order valence-corrected chi connectivity index (χ1v) is 9.47. The van der Waals surface area contributed by atoms with Gasteiger partial charge in [-0.2, -0.15) is 0 Å². The first kappa shape index (κ1) is 21.3. The molecule has 0 fully saturated rings. The summed E-state index contributed by atoms with van der Waals surface area (Å²) >= 11 is 1.21. The monoisotopic (exact) mass is 436 g/mol. The molecule has 156 valence electrons. The second kappa shape index (κ2) is 8.95. The molecule has 2 aromatic carbocycles. The number of alkyl halides is 3. The van der Waals surface area contributed by atoms with E-state index in [1.54, 1.807) is 35.7 Å². The van der Waals surface area contributed by atoms with E-state index in [1.165, 1.54) is 35.6 Å². The minimum Gasteiger partial charge on any atom is -0.479 e. The summed E-state index contributed by atoms with van der Waals surface area (Å²) in [5.41, 5.74) is 1.42. The number of ether oxygens (including phenoxy) is 1. The number of rotatable bonds is 7. The van der Waals surface area contributed by atoms with Crippen LogP contribution < -0.4 is 10.1 Å². The molecule has 1 atom stereocenters. The highest BCUT2D eigenvalue weighted by molar-refractivity contribution is 7.13. The number of carboxylic acid groups (broad SMARTS) is 1. The topological polar surface area (TPSA) is 88.5 Å². The molecule has 0 saturated carbocycles. The molecular formula is C20H15F3N2O4S. The van der Waals surface area contributed by atoms with E-state index in [9.17, 15) is 27.9 Å². The van der Waals surface area contributed by atoms with Crippen molar-refractivity contribution in [3.8, 4) is 16.3 Å². The van der Waals surface area contributed by atoms with Gasteiger partial charge < -0.3 is 15.2 Å². The summed E-state index contributed by atoms with van der Waals surface area (Å²) in [7, 11) is 0. The Bertz CT molecular complexity index is 1020. The lowest BCUT2D eigenvalue weighted by Crippen LogP contribution is -2.34. The molecule has 1 amide bonds. The van der Waals surface area contributed by atoms with Crippen LogP contribution in [0.3, 0.4) is 0 Å². The fraction of sp³-hybridized carbons (Fsp3) is 0.150. The molecule has 30 heavy (non-hydrogen) atoms. The third-order valence-corrected chi connectivity index (χ3v) is 4.85. The summed E-state index contributed by atoms with van der Waals surface area (Å²) < 4.78 is 40.5. The Morgan fingerprint density at radius 2 is 1.77 bits per heavy atom. The molecule has 6 nitrogen and oxygen atoms in total. The van der Waals surface area contributed by atoms with Gasteiger partial charge in [0.1, 0.15) is 10.8 Å². The first-order valence-electron chi connectivity index (χ1n) is 8.59. The standard InChI is InChI=1S/C20H15F3N2O4S/c21-20(22,23)29-15-8-6-13(7-9-15)18-24-14(11-30-18)10-16(26)25-17(19(27)28)12-4-2-1-3-5-12/h1-9,11,17H,10H2,(H,25,26)(H,27,28)/t17-/m1/s1. The van der Waals surface area contributed by atoms with Crippen LogP contribution in [0.1, 0.15) is 17.3 Å². The Morgan fingerprint density at radius 3 is 2.37 bits per heavy atom. The third kappa shape index (κ3) is 5.80. The molecule has 0 saturated heterocycles. The van der Waals surface area contributed by atoms with Gasteiger partial charge in [-0.05, 0) is 29.8 Å². The summed E-state index contributed by atoms with van der Waals surface area (Å²) in [6.45, 7) is 0. The average Bonchev–Trinajstić information content (AvgIpc) is 3.14. The fourth-order valence-electron chi connectivity index (χ4n) is 2.63. The highest BCUT2D eigenvalue weighted by Crippen LogP contribution is 2.28. The average molecular weight is 436 g/mol. The van der Waals surface area contributed by atoms with Crippen molar-refractivity contribution in [2.45, 2.75) is 18.8 Å². The lowest BCUT2D eigenvalue weighted by Gasteiger charge is -2.14. The van der Waals surface area contributed by atoms with Crippen LogP contribution in [0, 0.1) is 0 Å². The van der Waals surface area contributed by atoms with Crippen molar-refractivity contribution in [1.29, 1.82) is 0 Å². The summed E-state index contributed by atoms with van der Waals surface area (Å²) in [6.07, 6.45) is -4.90. The predicted molar refractivity (Wildman–Crippen MR) is 103 cm³/mol. The number of aromatic nitrogens is 1. The van der Waals surface area contributed by atoms with Gasteiger partial charge in [0.05, 0.1) is 12.1 Å². The van der Waals surface area contributed by atoms with Gasteiger partial charge in [-0.25, -0.2) is 9.78 Å². The van der Waals surface area contributed by atoms with Gasteiger partial charge in [-0.15, -0.1) is 24.5 Å². The number of aliphatic carboxylic acids is 1. The lowest BCUT2D eigenvalue weighted by molar-refractivity contribution is -0.274. The van der Waals surface area contributed by atoms with Gasteiger partial charge >= 0.3 is 12.3 Å². The maximum atomic E-state index is 12.3. The number of thiazole rings is 1. The van der Waals surface area contributed by atoms with Crippen LogP contribution in [-0.4, -0.2) is 28.3 Å². The van der Waals surface area contributed by atoms with Crippen molar-refractivity contribution in [1.82, 2.24) is 10.3 Å². The Labute approximate surface area is 173 Å². The zero-order valence-corrected chi connectivity index (χ0v) is 16.0. The molecule has 0 aliphatic rings. The molecule has 0 aliphatic heterocycles. The Balaban J connectivity index is 1.65. The van der Waals surface area contributed by atoms with Crippen LogP contribution in [0.15, 0.2) is 60.0 Å². The van der Waals surface area contributed by atoms with E-state index in [0.29, 0.717) is 21.8 Å². The minimum absolute atomic E-state index is 0.137. The molecule has 3 rings (SSSR count). The van der Waals surface area contributed by atoms with Gasteiger partial charge in [0.25, 0.3) is 0 Å². The zero-order chi connectivity index (χ0) is 21.7. The van der Waals surface area contributed by atoms with Crippen molar-refractivity contribution in [2.24, 2.45) is 0 Å². The minimum atomic E-state index is -4.77. The second-order valence-corrected chi connectivity index (χ2v) is 7.00. The van der Waals surface area contributed by atoms with Crippen molar-refractivity contribution in [2.75, 3.05) is 0 Å². The van der Waals surface area contributed by atoms with Gasteiger partial charge in [0.2, 0.25) is 5.91 Å². The Kier molecular flexibility index (Phi) is 6.36. The Morgan fingerprint density at radius 1 is 1.10 bits per heavy atom. The largest absolute Gasteiger partial charge is 0.573 e. The first-order chi connectivity index (χ1) is 14.2. The summed E-state index contributed by atoms with van der Waals surface area (Å²) in [5, 5.41) is 14.0. The van der Waals surface area contributed by atoms with Gasteiger partial charge in [-0.3, -0.25) is 4.79 Å². The maximum Gasteiger partial charge on any atom is 0.573 e. The molecule has 1 heterocycles. The molecule has 0 bridgehead atoms. The molecule has 0 aliphatic carbocycles. The smallest absolute Gasteiger partial charge is 0.479 e. The number of nitrogens with one attached hydrogen (secondary N) is 1. The van der Waals surface area contributed by atoms with Crippen molar-refractivity contribution in [3.05, 3.63) is 71.2 Å². The van der Waals surface area contributed by atoms with E-state index >= 15 is 0 Å². The molecule has 0 spiro atoms. The Hall–Kier alpha value is -3.40. The molecule has 0 radical (unpaired) electrons. The quantitative estimate of drug-likeness (QED) is 0.580. The van der Waals surface area contributed by atoms with E-state index in [-0.39, 0.29) is 12.2 Å². The number of halogens is 3. The highest BCUT2D eigenvalue weighted by Gasteiger charge is 2.31. The summed E-state index contributed by atoms with van der Waals surface area (Å²) in [4.78, 5) is 28.1. The number of hydrogen-bond donors (Lipinski definition) is 2. The van der Waals surface area contributed by atoms with E-state index in [1.807, 2.05) is 0 Å². The molecule has 0 unspecified atom stereocenters. The number of carbonyl (C=O) groups is 2. The lowest BCUT2D eigenvalue weighted by atomic mass is 10.1. The van der Waals surface area contributed by atoms with E-state index in [0.717, 1.165) is 0 Å². The van der Waals surface area contributed by atoms with Crippen LogP contribution in [-0.2, 0) is 16.0 Å². The number of carboxylic acids is 1. The van der Waals surface area contributed by atoms with Crippen molar-refractivity contribution in [3.63, 3.8) is 0 Å². The van der Waals surface area contributed by atoms with Crippen LogP contribution in [0.5, 0.6) is 5.75 Å². The number of carbonyl (C=O) groups excluding carboxylic acids is 1. The molecule has 10 heteroatoms. The van der Waals surface area contributed by atoms with Gasteiger partial charge in [0, 0.05) is 10.9 Å². The highest BCUT2D eigenvalue weighted by atomic mass is 32.1. The van der Waals surface area contributed by atoms with Crippen LogP contribution >= 0.6 is 11.3 Å². The molecule has 3 aromatic rings. The van der Waals surface area contributed by atoms with E-state index < -0.39 is 24.3 Å². The van der Waals surface area contributed by atoms with E-state index in [2.05, 4.69) is 15.0 Å². The van der Waals surface area contributed by atoms with Crippen LogP contribution in [0.25, 0.3) is 10.6 Å².